The Labute approximate surface area is 125 Å². The zero-order chi connectivity index (χ0) is 15.2. The highest BCUT2D eigenvalue weighted by molar-refractivity contribution is 7.98. The van der Waals surface area contributed by atoms with Crippen molar-refractivity contribution in [3.8, 4) is 0 Å². The zero-order valence-corrected chi connectivity index (χ0v) is 14.2. The summed E-state index contributed by atoms with van der Waals surface area (Å²) in [5, 5.41) is 3.15. The van der Waals surface area contributed by atoms with Crippen molar-refractivity contribution >= 4 is 21.8 Å². The smallest absolute Gasteiger partial charge is 0.244 e. The van der Waals surface area contributed by atoms with Crippen LogP contribution in [0.4, 0.5) is 0 Å². The van der Waals surface area contributed by atoms with Crippen molar-refractivity contribution in [2.75, 3.05) is 25.1 Å². The zero-order valence-electron chi connectivity index (χ0n) is 12.6. The summed E-state index contributed by atoms with van der Waals surface area (Å²) >= 11 is 1.71. The van der Waals surface area contributed by atoms with E-state index in [0.717, 1.165) is 24.3 Å². The van der Waals surface area contributed by atoms with Crippen molar-refractivity contribution in [3.05, 3.63) is 17.1 Å². The molecule has 0 saturated heterocycles. The Morgan fingerprint density at radius 2 is 1.95 bits per heavy atom. The second-order valence-corrected chi connectivity index (χ2v) is 7.24. The molecular formula is C13H24N2O3S2. The fourth-order valence-corrected chi connectivity index (χ4v) is 3.96. The Morgan fingerprint density at radius 3 is 2.55 bits per heavy atom. The van der Waals surface area contributed by atoms with Crippen LogP contribution in [0.3, 0.4) is 0 Å². The summed E-state index contributed by atoms with van der Waals surface area (Å²) in [5.41, 5.74) is 0.724. The quantitative estimate of drug-likeness (QED) is 0.681. The molecule has 1 rings (SSSR count). The number of furan rings is 1. The molecule has 0 unspecified atom stereocenters. The van der Waals surface area contributed by atoms with Crippen LogP contribution in [0.5, 0.6) is 0 Å². The molecule has 0 spiro atoms. The first kappa shape index (κ1) is 17.6. The van der Waals surface area contributed by atoms with Gasteiger partial charge in [-0.25, -0.2) is 13.1 Å². The minimum atomic E-state index is -3.50. The first-order valence-corrected chi connectivity index (χ1v) is 9.60. The fraction of sp³-hybridized carbons (Fsp3) is 0.692. The molecule has 0 bridgehead atoms. The normalized spacial score (nSPS) is 12.0. The molecule has 7 heteroatoms. The van der Waals surface area contributed by atoms with Crippen molar-refractivity contribution in [2.45, 2.75) is 38.6 Å². The van der Waals surface area contributed by atoms with Gasteiger partial charge in [0.15, 0.2) is 0 Å². The molecule has 0 aliphatic rings. The molecule has 0 atom stereocenters. The summed E-state index contributed by atoms with van der Waals surface area (Å²) in [6.45, 7) is 7.21. The van der Waals surface area contributed by atoms with Gasteiger partial charge in [-0.1, -0.05) is 6.92 Å². The Morgan fingerprint density at radius 1 is 1.25 bits per heavy atom. The van der Waals surface area contributed by atoms with E-state index >= 15 is 0 Å². The minimum Gasteiger partial charge on any atom is -0.465 e. The molecule has 0 aliphatic carbocycles. The number of thioether (sulfide) groups is 1. The number of sulfonamides is 1. The third-order valence-corrected chi connectivity index (χ3v) is 5.32. The summed E-state index contributed by atoms with van der Waals surface area (Å²) < 4.78 is 33.0. The second kappa shape index (κ2) is 8.07. The van der Waals surface area contributed by atoms with Gasteiger partial charge >= 0.3 is 0 Å². The maximum Gasteiger partial charge on any atom is 0.244 e. The highest BCUT2D eigenvalue weighted by Gasteiger charge is 2.26. The Bertz CT molecular complexity index is 524. The molecule has 0 aliphatic heterocycles. The molecule has 5 nitrogen and oxygen atoms in total. The molecule has 2 N–H and O–H groups in total. The molecule has 116 valence electrons. The van der Waals surface area contributed by atoms with Crippen LogP contribution in [0.15, 0.2) is 9.31 Å². The average Bonchev–Trinajstić information content (AvgIpc) is 2.67. The van der Waals surface area contributed by atoms with Gasteiger partial charge in [0.05, 0.1) is 0 Å². The van der Waals surface area contributed by atoms with Gasteiger partial charge in [-0.2, -0.15) is 11.8 Å². The van der Waals surface area contributed by atoms with E-state index in [9.17, 15) is 8.42 Å². The van der Waals surface area contributed by atoms with Gasteiger partial charge in [0.1, 0.15) is 16.4 Å². The fourth-order valence-electron chi connectivity index (χ4n) is 2.01. The lowest BCUT2D eigenvalue weighted by atomic mass is 10.2. The van der Waals surface area contributed by atoms with E-state index in [4.69, 9.17) is 4.42 Å². The molecule has 0 fully saturated rings. The maximum absolute atomic E-state index is 12.4. The molecule has 0 aromatic carbocycles. The summed E-state index contributed by atoms with van der Waals surface area (Å²) in [7, 11) is -3.50. The first-order chi connectivity index (χ1) is 9.44. The van der Waals surface area contributed by atoms with E-state index in [1.165, 1.54) is 0 Å². The largest absolute Gasteiger partial charge is 0.465 e. The molecule has 1 aromatic rings. The van der Waals surface area contributed by atoms with Crippen molar-refractivity contribution < 1.29 is 12.8 Å². The standard InChI is InChI=1S/C13H24N2O3S2/c1-5-14-9-12-10(2)18-11(3)13(12)20(16,17)15-7-6-8-19-4/h14-15H,5-9H2,1-4H3. The maximum atomic E-state index is 12.4. The molecule has 20 heavy (non-hydrogen) atoms. The van der Waals surface area contributed by atoms with Crippen LogP contribution in [0.2, 0.25) is 0 Å². The summed E-state index contributed by atoms with van der Waals surface area (Å²) in [6.07, 6.45) is 2.82. The van der Waals surface area contributed by atoms with Crippen LogP contribution >= 0.6 is 11.8 Å². The summed E-state index contributed by atoms with van der Waals surface area (Å²) in [5.74, 6) is 2.05. The third-order valence-electron chi connectivity index (χ3n) is 2.96. The topological polar surface area (TPSA) is 71.3 Å². The number of nitrogens with one attached hydrogen (secondary N) is 2. The molecule has 0 saturated carbocycles. The molecule has 0 amide bonds. The number of rotatable bonds is 9. The highest BCUT2D eigenvalue weighted by atomic mass is 32.2. The Kier molecular flexibility index (Phi) is 7.08. The van der Waals surface area contributed by atoms with Gasteiger partial charge < -0.3 is 9.73 Å². The third kappa shape index (κ3) is 4.51. The molecule has 1 heterocycles. The summed E-state index contributed by atoms with van der Waals surface area (Å²) in [4.78, 5) is 0.292. The van der Waals surface area contributed by atoms with Crippen LogP contribution in [0, 0.1) is 13.8 Å². The molecular weight excluding hydrogens is 296 g/mol. The van der Waals surface area contributed by atoms with Crippen molar-refractivity contribution in [1.29, 1.82) is 0 Å². The van der Waals surface area contributed by atoms with Crippen molar-refractivity contribution in [1.82, 2.24) is 10.0 Å². The van der Waals surface area contributed by atoms with Crippen LogP contribution < -0.4 is 10.0 Å². The lowest BCUT2D eigenvalue weighted by Gasteiger charge is -2.08. The van der Waals surface area contributed by atoms with Gasteiger partial charge in [0, 0.05) is 18.7 Å². The lowest BCUT2D eigenvalue weighted by Crippen LogP contribution is -2.27. The molecule has 0 radical (unpaired) electrons. The van der Waals surface area contributed by atoms with E-state index < -0.39 is 10.0 Å². The summed E-state index contributed by atoms with van der Waals surface area (Å²) in [6, 6.07) is 0. The van der Waals surface area contributed by atoms with Crippen molar-refractivity contribution in [2.24, 2.45) is 0 Å². The van der Waals surface area contributed by atoms with E-state index in [0.29, 0.717) is 29.5 Å². The lowest BCUT2D eigenvalue weighted by molar-refractivity contribution is 0.493. The van der Waals surface area contributed by atoms with Gasteiger partial charge in [0.2, 0.25) is 10.0 Å². The van der Waals surface area contributed by atoms with E-state index in [1.54, 1.807) is 25.6 Å². The Balaban J connectivity index is 2.92. The number of aryl methyl sites for hydroxylation is 2. The van der Waals surface area contributed by atoms with E-state index in [2.05, 4.69) is 10.0 Å². The van der Waals surface area contributed by atoms with Gasteiger partial charge in [-0.3, -0.25) is 0 Å². The van der Waals surface area contributed by atoms with E-state index in [1.807, 2.05) is 13.2 Å². The number of hydrogen-bond donors (Lipinski definition) is 2. The minimum absolute atomic E-state index is 0.292. The van der Waals surface area contributed by atoms with Crippen LogP contribution in [0.1, 0.15) is 30.4 Å². The van der Waals surface area contributed by atoms with Crippen LogP contribution in [-0.2, 0) is 16.6 Å². The van der Waals surface area contributed by atoms with Gasteiger partial charge in [-0.15, -0.1) is 0 Å². The van der Waals surface area contributed by atoms with Crippen molar-refractivity contribution in [3.63, 3.8) is 0 Å². The van der Waals surface area contributed by atoms with Crippen LogP contribution in [-0.4, -0.2) is 33.5 Å². The highest BCUT2D eigenvalue weighted by Crippen LogP contribution is 2.26. The first-order valence-electron chi connectivity index (χ1n) is 6.72. The second-order valence-electron chi connectivity index (χ2n) is 4.55. The Hall–Kier alpha value is -0.500. The average molecular weight is 320 g/mol. The molecule has 1 aromatic heterocycles. The predicted molar refractivity (Wildman–Crippen MR) is 83.8 cm³/mol. The van der Waals surface area contributed by atoms with E-state index in [-0.39, 0.29) is 0 Å². The monoisotopic (exact) mass is 320 g/mol. The SMILES string of the molecule is CCNCc1c(C)oc(C)c1S(=O)(=O)NCCCSC. The van der Waals surface area contributed by atoms with Gasteiger partial charge in [-0.05, 0) is 38.8 Å². The predicted octanol–water partition coefficient (Wildman–Crippen LogP) is 2.04. The number of hydrogen-bond acceptors (Lipinski definition) is 5. The van der Waals surface area contributed by atoms with Gasteiger partial charge in [0.25, 0.3) is 0 Å². The van der Waals surface area contributed by atoms with Crippen LogP contribution in [0.25, 0.3) is 0 Å².